The number of ether oxygens (including phenoxy) is 2. The van der Waals surface area contributed by atoms with E-state index in [2.05, 4.69) is 32.3 Å². The smallest absolute Gasteiger partial charge is 0.137 e. The molecule has 1 aliphatic rings. The highest BCUT2D eigenvalue weighted by atomic mass is 16.5. The second-order valence-electron chi connectivity index (χ2n) is 9.92. The summed E-state index contributed by atoms with van der Waals surface area (Å²) >= 11 is 0. The molecule has 0 saturated carbocycles. The van der Waals surface area contributed by atoms with Gasteiger partial charge in [-0.05, 0) is 49.7 Å². The highest BCUT2D eigenvalue weighted by Crippen LogP contribution is 2.39. The molecular weight excluding hydrogens is 514 g/mol. The maximum absolute atomic E-state index is 9.94. The van der Waals surface area contributed by atoms with Gasteiger partial charge >= 0.3 is 0 Å². The van der Waals surface area contributed by atoms with Crippen molar-refractivity contribution in [3.05, 3.63) is 83.9 Å². The standard InChI is InChI=1S/C32H29N7O2/c1-20-7-8-35-27(13-20)30-21(2)29(26-6-4-5-22(16-33)31(26)38-30)37-28-15-24(39-9-11-41-12-10-39)18-36-32(28)23-14-25(40-3)19-34-17-23/h4-8,13-15,17-19H,9-12H2,1-3H3,(H,37,38). The zero-order chi connectivity index (χ0) is 28.3. The van der Waals surface area contributed by atoms with Crippen LogP contribution in [-0.4, -0.2) is 53.3 Å². The Kier molecular flexibility index (Phi) is 7.15. The van der Waals surface area contributed by atoms with E-state index in [-0.39, 0.29) is 0 Å². The third-order valence-corrected chi connectivity index (χ3v) is 7.27. The number of para-hydroxylation sites is 1. The molecule has 0 bridgehead atoms. The van der Waals surface area contributed by atoms with E-state index >= 15 is 0 Å². The van der Waals surface area contributed by atoms with E-state index in [0.717, 1.165) is 63.6 Å². The van der Waals surface area contributed by atoms with Gasteiger partial charge in [0, 0.05) is 42.0 Å². The van der Waals surface area contributed by atoms with Crippen LogP contribution in [0.4, 0.5) is 17.1 Å². The minimum atomic E-state index is 0.497. The molecule has 1 aliphatic heterocycles. The molecule has 0 atom stereocenters. The number of fused-ring (bicyclic) bond motifs is 1. The van der Waals surface area contributed by atoms with Gasteiger partial charge in [0.2, 0.25) is 0 Å². The number of nitrogens with one attached hydrogen (secondary N) is 1. The van der Waals surface area contributed by atoms with E-state index in [1.165, 1.54) is 0 Å². The van der Waals surface area contributed by atoms with Crippen LogP contribution in [0, 0.1) is 25.2 Å². The summed E-state index contributed by atoms with van der Waals surface area (Å²) in [5.74, 6) is 0.643. The Morgan fingerprint density at radius 3 is 2.63 bits per heavy atom. The highest BCUT2D eigenvalue weighted by Gasteiger charge is 2.20. The van der Waals surface area contributed by atoms with Crippen LogP contribution in [0.5, 0.6) is 5.75 Å². The lowest BCUT2D eigenvalue weighted by atomic mass is 10.0. The van der Waals surface area contributed by atoms with Crippen molar-refractivity contribution < 1.29 is 9.47 Å². The van der Waals surface area contributed by atoms with Gasteiger partial charge in [0.15, 0.2) is 0 Å². The third-order valence-electron chi connectivity index (χ3n) is 7.27. The molecular formula is C32H29N7O2. The molecule has 41 heavy (non-hydrogen) atoms. The molecule has 1 N–H and O–H groups in total. The van der Waals surface area contributed by atoms with E-state index in [0.29, 0.717) is 35.7 Å². The first-order valence-corrected chi connectivity index (χ1v) is 13.4. The van der Waals surface area contributed by atoms with Crippen molar-refractivity contribution >= 4 is 28.0 Å². The number of aryl methyl sites for hydroxylation is 1. The van der Waals surface area contributed by atoms with Gasteiger partial charge in [-0.15, -0.1) is 0 Å². The molecule has 1 fully saturated rings. The predicted molar refractivity (Wildman–Crippen MR) is 159 cm³/mol. The van der Waals surface area contributed by atoms with Crippen LogP contribution in [0.15, 0.2) is 67.3 Å². The number of hydrogen-bond donors (Lipinski definition) is 1. The lowest BCUT2D eigenvalue weighted by Gasteiger charge is -2.29. The Labute approximate surface area is 238 Å². The van der Waals surface area contributed by atoms with Gasteiger partial charge in [0.05, 0.1) is 77.9 Å². The Balaban J connectivity index is 1.57. The van der Waals surface area contributed by atoms with Gasteiger partial charge in [-0.2, -0.15) is 5.26 Å². The van der Waals surface area contributed by atoms with E-state index in [1.807, 2.05) is 50.4 Å². The molecule has 204 valence electrons. The van der Waals surface area contributed by atoms with Crippen molar-refractivity contribution in [2.24, 2.45) is 0 Å². The molecule has 5 aromatic rings. The number of methoxy groups -OCH3 is 1. The van der Waals surface area contributed by atoms with Crippen LogP contribution in [0.1, 0.15) is 16.7 Å². The first-order valence-electron chi connectivity index (χ1n) is 13.4. The van der Waals surface area contributed by atoms with Crippen molar-refractivity contribution in [2.45, 2.75) is 13.8 Å². The predicted octanol–water partition coefficient (Wildman–Crippen LogP) is 5.83. The zero-order valence-electron chi connectivity index (χ0n) is 23.2. The van der Waals surface area contributed by atoms with Crippen LogP contribution in [-0.2, 0) is 4.74 Å². The molecule has 0 spiro atoms. The van der Waals surface area contributed by atoms with Crippen LogP contribution >= 0.6 is 0 Å². The summed E-state index contributed by atoms with van der Waals surface area (Å²) in [6, 6.07) is 16.0. The number of pyridine rings is 4. The third kappa shape index (κ3) is 5.13. The number of anilines is 3. The van der Waals surface area contributed by atoms with Gasteiger partial charge in [-0.25, -0.2) is 4.98 Å². The van der Waals surface area contributed by atoms with Crippen LogP contribution < -0.4 is 15.0 Å². The summed E-state index contributed by atoms with van der Waals surface area (Å²) in [6.45, 7) is 6.96. The molecule has 4 aromatic heterocycles. The number of hydrogen-bond acceptors (Lipinski definition) is 9. The van der Waals surface area contributed by atoms with E-state index in [4.69, 9.17) is 19.4 Å². The minimum absolute atomic E-state index is 0.497. The highest BCUT2D eigenvalue weighted by molar-refractivity contribution is 6.01. The normalized spacial score (nSPS) is 13.2. The Hall–Kier alpha value is -5.07. The molecule has 9 nitrogen and oxygen atoms in total. The van der Waals surface area contributed by atoms with Gasteiger partial charge in [-0.3, -0.25) is 15.0 Å². The Morgan fingerprint density at radius 1 is 1.00 bits per heavy atom. The summed E-state index contributed by atoms with van der Waals surface area (Å²) < 4.78 is 11.0. The fourth-order valence-electron chi connectivity index (χ4n) is 5.12. The van der Waals surface area contributed by atoms with E-state index in [9.17, 15) is 5.26 Å². The van der Waals surface area contributed by atoms with Crippen LogP contribution in [0.25, 0.3) is 33.5 Å². The van der Waals surface area contributed by atoms with Crippen LogP contribution in [0.2, 0.25) is 0 Å². The number of aromatic nitrogens is 4. The zero-order valence-corrected chi connectivity index (χ0v) is 23.2. The monoisotopic (exact) mass is 543 g/mol. The Bertz CT molecular complexity index is 1790. The molecule has 0 unspecified atom stereocenters. The second kappa shape index (κ2) is 11.2. The summed E-state index contributed by atoms with van der Waals surface area (Å²) in [4.78, 5) is 21.1. The lowest BCUT2D eigenvalue weighted by Crippen LogP contribution is -2.36. The topological polar surface area (TPSA) is 109 Å². The van der Waals surface area contributed by atoms with E-state index < -0.39 is 0 Å². The minimum Gasteiger partial charge on any atom is -0.495 e. The quantitative estimate of drug-likeness (QED) is 0.283. The average Bonchev–Trinajstić information content (AvgIpc) is 3.02. The molecule has 0 radical (unpaired) electrons. The summed E-state index contributed by atoms with van der Waals surface area (Å²) in [5.41, 5.74) is 8.73. The number of nitriles is 1. The molecule has 0 aliphatic carbocycles. The van der Waals surface area contributed by atoms with Crippen molar-refractivity contribution in [1.82, 2.24) is 19.9 Å². The second-order valence-corrected chi connectivity index (χ2v) is 9.92. The molecule has 1 saturated heterocycles. The van der Waals surface area contributed by atoms with Gasteiger partial charge in [0.1, 0.15) is 11.8 Å². The maximum atomic E-state index is 9.94. The van der Waals surface area contributed by atoms with Crippen molar-refractivity contribution in [1.29, 1.82) is 5.26 Å². The van der Waals surface area contributed by atoms with Crippen molar-refractivity contribution in [2.75, 3.05) is 43.6 Å². The largest absolute Gasteiger partial charge is 0.495 e. The van der Waals surface area contributed by atoms with Crippen LogP contribution in [0.3, 0.4) is 0 Å². The van der Waals surface area contributed by atoms with E-state index in [1.54, 1.807) is 31.8 Å². The summed E-state index contributed by atoms with van der Waals surface area (Å²) in [6.07, 6.45) is 7.11. The SMILES string of the molecule is COc1cncc(-c2ncc(N3CCOCC3)cc2Nc2c(C)c(-c3cc(C)ccn3)nc3c(C#N)cccc23)c1. The van der Waals surface area contributed by atoms with Crippen molar-refractivity contribution in [3.8, 4) is 34.5 Å². The number of morpholine rings is 1. The summed E-state index contributed by atoms with van der Waals surface area (Å²) in [5, 5.41) is 14.5. The molecule has 6 rings (SSSR count). The fraction of sp³-hybridized carbons (Fsp3) is 0.219. The molecule has 9 heteroatoms. The average molecular weight is 544 g/mol. The molecule has 5 heterocycles. The first kappa shape index (κ1) is 26.2. The lowest BCUT2D eigenvalue weighted by molar-refractivity contribution is 0.122. The first-order chi connectivity index (χ1) is 20.1. The van der Waals surface area contributed by atoms with Crippen molar-refractivity contribution in [3.63, 3.8) is 0 Å². The number of nitrogens with zero attached hydrogens (tertiary/aromatic N) is 6. The van der Waals surface area contributed by atoms with Gasteiger partial charge in [0.25, 0.3) is 0 Å². The maximum Gasteiger partial charge on any atom is 0.137 e. The molecule has 1 aromatic carbocycles. The fourth-order valence-corrected chi connectivity index (χ4v) is 5.12. The summed E-state index contributed by atoms with van der Waals surface area (Å²) in [7, 11) is 1.62. The number of rotatable bonds is 6. The molecule has 0 amide bonds. The number of benzene rings is 1. The Morgan fingerprint density at radius 2 is 1.85 bits per heavy atom. The van der Waals surface area contributed by atoms with Gasteiger partial charge in [-0.1, -0.05) is 12.1 Å². The van der Waals surface area contributed by atoms with Gasteiger partial charge < -0.3 is 19.7 Å².